The number of pyridine rings is 1. The van der Waals surface area contributed by atoms with E-state index >= 15 is 0 Å². The number of halogens is 1. The number of nitrogens with two attached hydrogens (primary N) is 1. The maximum Gasteiger partial charge on any atom is 0.295 e. The highest BCUT2D eigenvalue weighted by Gasteiger charge is 2.17. The van der Waals surface area contributed by atoms with Crippen molar-refractivity contribution in [1.82, 2.24) is 4.98 Å². The molecule has 0 radical (unpaired) electrons. The van der Waals surface area contributed by atoms with Gasteiger partial charge in [-0.1, -0.05) is 6.07 Å². The Morgan fingerprint density at radius 1 is 1.53 bits per heavy atom. The molecule has 15 heavy (non-hydrogen) atoms. The van der Waals surface area contributed by atoms with Gasteiger partial charge < -0.3 is 5.73 Å². The van der Waals surface area contributed by atoms with Crippen LogP contribution in [-0.2, 0) is 0 Å². The summed E-state index contributed by atoms with van der Waals surface area (Å²) in [6, 6.07) is 4.93. The maximum absolute atomic E-state index is 10.7. The van der Waals surface area contributed by atoms with E-state index < -0.39 is 4.92 Å². The summed E-state index contributed by atoms with van der Waals surface area (Å²) in [5.41, 5.74) is 6.07. The Labute approximate surface area is 93.2 Å². The predicted octanol–water partition coefficient (Wildman–Crippen LogP) is 2.49. The van der Waals surface area contributed by atoms with Crippen LogP contribution in [0, 0.1) is 10.1 Å². The third-order valence-electron chi connectivity index (χ3n) is 2.06. The van der Waals surface area contributed by atoms with Crippen LogP contribution in [0.2, 0.25) is 0 Å². The van der Waals surface area contributed by atoms with Crippen LogP contribution in [0.5, 0.6) is 0 Å². The average molecular weight is 268 g/mol. The minimum Gasteiger partial charge on any atom is -0.391 e. The summed E-state index contributed by atoms with van der Waals surface area (Å²) in [6.45, 7) is 0. The van der Waals surface area contributed by atoms with E-state index in [4.69, 9.17) is 5.73 Å². The Morgan fingerprint density at radius 3 is 2.93 bits per heavy atom. The predicted molar refractivity (Wildman–Crippen MR) is 60.5 cm³/mol. The molecule has 0 saturated carbocycles. The molecule has 0 aliphatic carbocycles. The fourth-order valence-corrected chi connectivity index (χ4v) is 1.90. The number of anilines is 1. The molecule has 0 aliphatic rings. The van der Waals surface area contributed by atoms with Gasteiger partial charge in [-0.3, -0.25) is 15.1 Å². The monoisotopic (exact) mass is 267 g/mol. The number of nitro benzene ring substituents is 1. The van der Waals surface area contributed by atoms with Crippen LogP contribution in [0.3, 0.4) is 0 Å². The number of hydrogen-bond acceptors (Lipinski definition) is 4. The number of nitrogens with zero attached hydrogens (tertiary/aromatic N) is 2. The van der Waals surface area contributed by atoms with E-state index in [2.05, 4.69) is 20.9 Å². The van der Waals surface area contributed by atoms with Gasteiger partial charge in [0.1, 0.15) is 11.2 Å². The molecule has 1 aromatic heterocycles. The molecule has 0 spiro atoms. The topological polar surface area (TPSA) is 82.0 Å². The van der Waals surface area contributed by atoms with Crippen molar-refractivity contribution < 1.29 is 4.92 Å². The zero-order chi connectivity index (χ0) is 11.0. The van der Waals surface area contributed by atoms with Gasteiger partial charge >= 0.3 is 0 Å². The first kappa shape index (κ1) is 9.85. The van der Waals surface area contributed by atoms with Gasteiger partial charge in [0.25, 0.3) is 5.69 Å². The lowest BCUT2D eigenvalue weighted by Gasteiger charge is -2.03. The van der Waals surface area contributed by atoms with Gasteiger partial charge in [0, 0.05) is 22.1 Å². The van der Waals surface area contributed by atoms with E-state index in [0.717, 1.165) is 5.39 Å². The second-order valence-corrected chi connectivity index (χ2v) is 3.80. The molecular formula is C9H6BrN3O2. The first-order chi connectivity index (χ1) is 7.11. The van der Waals surface area contributed by atoms with Crippen LogP contribution in [0.1, 0.15) is 0 Å². The van der Waals surface area contributed by atoms with Crippen molar-refractivity contribution in [1.29, 1.82) is 0 Å². The summed E-state index contributed by atoms with van der Waals surface area (Å²) < 4.78 is 0.617. The standard InChI is InChI=1S/C9H6BrN3O2/c10-6-4-7(13(14)15)8(11)9-5(6)2-1-3-12-9/h1-4H,11H2. The van der Waals surface area contributed by atoms with Gasteiger partial charge in [0.2, 0.25) is 0 Å². The van der Waals surface area contributed by atoms with E-state index in [9.17, 15) is 10.1 Å². The molecule has 0 bridgehead atoms. The number of hydrogen-bond donors (Lipinski definition) is 1. The molecule has 0 atom stereocenters. The molecule has 0 amide bonds. The van der Waals surface area contributed by atoms with Gasteiger partial charge in [-0.25, -0.2) is 0 Å². The van der Waals surface area contributed by atoms with E-state index in [1.165, 1.54) is 6.07 Å². The van der Waals surface area contributed by atoms with Gasteiger partial charge in [-0.05, 0) is 22.0 Å². The number of nitro groups is 1. The highest BCUT2D eigenvalue weighted by molar-refractivity contribution is 9.10. The lowest BCUT2D eigenvalue weighted by Crippen LogP contribution is -1.98. The highest BCUT2D eigenvalue weighted by Crippen LogP contribution is 2.34. The second kappa shape index (κ2) is 3.47. The van der Waals surface area contributed by atoms with Crippen molar-refractivity contribution in [2.45, 2.75) is 0 Å². The van der Waals surface area contributed by atoms with E-state index in [1.54, 1.807) is 18.3 Å². The van der Waals surface area contributed by atoms with Crippen LogP contribution in [0.4, 0.5) is 11.4 Å². The van der Waals surface area contributed by atoms with Crippen molar-refractivity contribution in [3.05, 3.63) is 39.0 Å². The number of aromatic nitrogens is 1. The summed E-state index contributed by atoms with van der Waals surface area (Å²) in [6.07, 6.45) is 1.55. The fraction of sp³-hybridized carbons (Fsp3) is 0. The average Bonchev–Trinajstić information content (AvgIpc) is 2.23. The molecule has 0 fully saturated rings. The van der Waals surface area contributed by atoms with Gasteiger partial charge in [0.15, 0.2) is 0 Å². The quantitative estimate of drug-likeness (QED) is 0.489. The highest BCUT2D eigenvalue weighted by atomic mass is 79.9. The molecule has 0 unspecified atom stereocenters. The zero-order valence-corrected chi connectivity index (χ0v) is 9.06. The molecule has 1 heterocycles. The Balaban J connectivity index is 2.90. The number of fused-ring (bicyclic) bond motifs is 1. The first-order valence-corrected chi connectivity index (χ1v) is 4.87. The molecule has 2 rings (SSSR count). The number of benzene rings is 1. The SMILES string of the molecule is Nc1c([N+](=O)[O-])cc(Br)c2cccnc12. The maximum atomic E-state index is 10.7. The fourth-order valence-electron chi connectivity index (χ4n) is 1.36. The molecule has 6 heteroatoms. The zero-order valence-electron chi connectivity index (χ0n) is 7.48. The molecule has 2 aromatic rings. The summed E-state index contributed by atoms with van der Waals surface area (Å²) in [4.78, 5) is 14.2. The Kier molecular flexibility index (Phi) is 2.28. The minimum atomic E-state index is -0.520. The van der Waals surface area contributed by atoms with Crippen molar-refractivity contribution in [3.8, 4) is 0 Å². The van der Waals surface area contributed by atoms with Crippen LogP contribution in [-0.4, -0.2) is 9.91 Å². The molecule has 0 saturated heterocycles. The Bertz CT molecular complexity index is 556. The van der Waals surface area contributed by atoms with E-state index in [1.807, 2.05) is 0 Å². The van der Waals surface area contributed by atoms with Gasteiger partial charge in [-0.15, -0.1) is 0 Å². The smallest absolute Gasteiger partial charge is 0.295 e. The largest absolute Gasteiger partial charge is 0.391 e. The Morgan fingerprint density at radius 2 is 2.27 bits per heavy atom. The summed E-state index contributed by atoms with van der Waals surface area (Å²) in [7, 11) is 0. The number of rotatable bonds is 1. The molecular weight excluding hydrogens is 262 g/mol. The van der Waals surface area contributed by atoms with Crippen LogP contribution in [0.15, 0.2) is 28.9 Å². The first-order valence-electron chi connectivity index (χ1n) is 4.08. The third kappa shape index (κ3) is 1.52. The van der Waals surface area contributed by atoms with E-state index in [-0.39, 0.29) is 11.4 Å². The molecule has 76 valence electrons. The number of nitrogen functional groups attached to an aromatic ring is 1. The van der Waals surface area contributed by atoms with Crippen molar-refractivity contribution in [3.63, 3.8) is 0 Å². The van der Waals surface area contributed by atoms with Crippen LogP contribution < -0.4 is 5.73 Å². The van der Waals surface area contributed by atoms with Crippen molar-refractivity contribution in [2.24, 2.45) is 0 Å². The Hall–Kier alpha value is -1.69. The van der Waals surface area contributed by atoms with Crippen LogP contribution >= 0.6 is 15.9 Å². The van der Waals surface area contributed by atoms with Gasteiger partial charge in [0.05, 0.1) is 4.92 Å². The third-order valence-corrected chi connectivity index (χ3v) is 2.71. The van der Waals surface area contributed by atoms with E-state index in [0.29, 0.717) is 9.99 Å². The summed E-state index contributed by atoms with van der Waals surface area (Å²) >= 11 is 3.25. The summed E-state index contributed by atoms with van der Waals surface area (Å²) in [5, 5.41) is 11.5. The van der Waals surface area contributed by atoms with Crippen molar-refractivity contribution in [2.75, 3.05) is 5.73 Å². The molecule has 0 aliphatic heterocycles. The normalized spacial score (nSPS) is 10.5. The minimum absolute atomic E-state index is 0.0961. The van der Waals surface area contributed by atoms with Gasteiger partial charge in [-0.2, -0.15) is 0 Å². The molecule has 2 N–H and O–H groups in total. The molecule has 5 nitrogen and oxygen atoms in total. The lowest BCUT2D eigenvalue weighted by molar-refractivity contribution is -0.383. The van der Waals surface area contributed by atoms with Crippen LogP contribution in [0.25, 0.3) is 10.9 Å². The summed E-state index contributed by atoms with van der Waals surface area (Å²) in [5.74, 6) is 0. The van der Waals surface area contributed by atoms with Crippen molar-refractivity contribution >= 4 is 38.2 Å². The molecule has 1 aromatic carbocycles. The lowest BCUT2D eigenvalue weighted by atomic mass is 10.1. The second-order valence-electron chi connectivity index (χ2n) is 2.95.